The first kappa shape index (κ1) is 21.3. The van der Waals surface area contributed by atoms with Crippen LogP contribution in [0.1, 0.15) is 22.4 Å². The molecule has 0 saturated carbocycles. The number of aromatic nitrogens is 3. The standard InChI is InChI=1S/C27H22N4O3/c1-17-9-7-13-21(15-17)30-25(32)23(24(27(30)34)29-14-8-10-18(2)16-29)22-19(3)28-31(26(22)33)20-11-5-4-6-12-20/h4-16H,1-3H3. The van der Waals surface area contributed by atoms with E-state index in [-0.39, 0.29) is 16.8 Å². The molecule has 168 valence electrons. The second-order valence-corrected chi connectivity index (χ2v) is 8.31. The molecule has 2 amide bonds. The molecule has 0 atom stereocenters. The first-order valence-electron chi connectivity index (χ1n) is 10.9. The Balaban J connectivity index is 1.76. The van der Waals surface area contributed by atoms with Gasteiger partial charge in [-0.1, -0.05) is 30.3 Å². The first-order chi connectivity index (χ1) is 16.4. The van der Waals surface area contributed by atoms with Crippen LogP contribution >= 0.6 is 0 Å². The predicted molar refractivity (Wildman–Crippen MR) is 126 cm³/mol. The summed E-state index contributed by atoms with van der Waals surface area (Å²) in [4.78, 5) is 28.7. The van der Waals surface area contributed by atoms with E-state index in [0.29, 0.717) is 17.1 Å². The number of imide groups is 1. The summed E-state index contributed by atoms with van der Waals surface area (Å²) in [7, 11) is 0. The highest BCUT2D eigenvalue weighted by molar-refractivity contribution is 6.53. The molecule has 0 unspecified atom stereocenters. The van der Waals surface area contributed by atoms with Gasteiger partial charge in [0, 0.05) is 17.2 Å². The fourth-order valence-corrected chi connectivity index (χ4v) is 4.25. The molecule has 0 bridgehead atoms. The van der Waals surface area contributed by atoms with Gasteiger partial charge < -0.3 is 5.11 Å². The molecule has 0 aliphatic carbocycles. The largest absolute Gasteiger partial charge is 0.858 e. The minimum absolute atomic E-state index is 0.0480. The molecule has 0 spiro atoms. The minimum atomic E-state index is -0.549. The Kier molecular flexibility index (Phi) is 5.09. The Bertz CT molecular complexity index is 1490. The van der Waals surface area contributed by atoms with Crippen LogP contribution in [-0.4, -0.2) is 21.6 Å². The number of amides is 2. The number of rotatable bonds is 4. The number of aryl methyl sites for hydroxylation is 3. The molecule has 1 aliphatic heterocycles. The van der Waals surface area contributed by atoms with Crippen LogP contribution in [0.25, 0.3) is 17.0 Å². The lowest BCUT2D eigenvalue weighted by molar-refractivity contribution is -0.577. The molecule has 5 rings (SSSR count). The van der Waals surface area contributed by atoms with Gasteiger partial charge in [-0.05, 0) is 62.5 Å². The Labute approximate surface area is 196 Å². The molecule has 1 aliphatic rings. The minimum Gasteiger partial charge on any atom is -0.858 e. The van der Waals surface area contributed by atoms with Crippen LogP contribution in [-0.2, 0) is 9.59 Å². The Hall–Kier alpha value is -4.52. The number of carbonyl (C=O) groups is 2. The van der Waals surface area contributed by atoms with Crippen LogP contribution in [0.5, 0.6) is 5.88 Å². The summed E-state index contributed by atoms with van der Waals surface area (Å²) in [6, 6.07) is 19.9. The zero-order chi connectivity index (χ0) is 24.0. The van der Waals surface area contributed by atoms with Gasteiger partial charge in [-0.2, -0.15) is 9.67 Å². The summed E-state index contributed by atoms with van der Waals surface area (Å²) in [5.74, 6) is -1.49. The van der Waals surface area contributed by atoms with E-state index in [4.69, 9.17) is 0 Å². The second kappa shape index (κ2) is 8.12. The zero-order valence-corrected chi connectivity index (χ0v) is 19.0. The van der Waals surface area contributed by atoms with Crippen molar-refractivity contribution in [1.29, 1.82) is 0 Å². The number of nitrogens with zero attached hydrogens (tertiary/aromatic N) is 4. The summed E-state index contributed by atoms with van der Waals surface area (Å²) in [5.41, 5.74) is 3.53. The van der Waals surface area contributed by atoms with Crippen molar-refractivity contribution in [3.8, 4) is 11.6 Å². The molecule has 7 nitrogen and oxygen atoms in total. The topological polar surface area (TPSA) is 82.1 Å². The van der Waals surface area contributed by atoms with E-state index in [1.807, 2.05) is 44.2 Å². The van der Waals surface area contributed by atoms with Crippen LogP contribution in [0.2, 0.25) is 0 Å². The first-order valence-corrected chi connectivity index (χ1v) is 10.9. The average molecular weight is 450 g/mol. The molecule has 0 fully saturated rings. The SMILES string of the molecule is Cc1cccc(N2C(=O)C(c3c(C)nn(-c4ccccc4)c3[O-])=C([n+]3cccc(C)c3)C2=O)c1. The van der Waals surface area contributed by atoms with Crippen molar-refractivity contribution in [3.63, 3.8) is 0 Å². The number of pyridine rings is 1. The number of hydrogen-bond donors (Lipinski definition) is 0. The van der Waals surface area contributed by atoms with Crippen LogP contribution in [0.3, 0.4) is 0 Å². The van der Waals surface area contributed by atoms with Crippen molar-refractivity contribution in [1.82, 2.24) is 9.78 Å². The predicted octanol–water partition coefficient (Wildman–Crippen LogP) is 3.10. The fraction of sp³-hybridized carbons (Fsp3) is 0.111. The van der Waals surface area contributed by atoms with E-state index < -0.39 is 17.7 Å². The highest BCUT2D eigenvalue weighted by Gasteiger charge is 2.47. The highest BCUT2D eigenvalue weighted by Crippen LogP contribution is 2.38. The Morgan fingerprint density at radius 3 is 2.24 bits per heavy atom. The van der Waals surface area contributed by atoms with Crippen LogP contribution < -0.4 is 14.6 Å². The number of anilines is 1. The van der Waals surface area contributed by atoms with Gasteiger partial charge in [0.05, 0.1) is 17.1 Å². The monoisotopic (exact) mass is 450 g/mol. The lowest BCUT2D eigenvalue weighted by Gasteiger charge is -2.16. The van der Waals surface area contributed by atoms with Gasteiger partial charge in [-0.15, -0.1) is 0 Å². The smallest absolute Gasteiger partial charge is 0.331 e. The van der Waals surface area contributed by atoms with Crippen molar-refractivity contribution in [2.24, 2.45) is 0 Å². The molecular formula is C27H22N4O3. The summed E-state index contributed by atoms with van der Waals surface area (Å²) >= 11 is 0. The third-order valence-corrected chi connectivity index (χ3v) is 5.79. The summed E-state index contributed by atoms with van der Waals surface area (Å²) < 4.78 is 2.88. The summed E-state index contributed by atoms with van der Waals surface area (Å²) in [5, 5.41) is 18.0. The molecule has 0 radical (unpaired) electrons. The van der Waals surface area contributed by atoms with Gasteiger partial charge in [0.25, 0.3) is 11.6 Å². The Morgan fingerprint density at radius 2 is 1.53 bits per heavy atom. The van der Waals surface area contributed by atoms with Gasteiger partial charge in [-0.25, -0.2) is 9.58 Å². The van der Waals surface area contributed by atoms with Crippen LogP contribution in [0.15, 0.2) is 79.1 Å². The average Bonchev–Trinajstić information content (AvgIpc) is 3.25. The molecule has 34 heavy (non-hydrogen) atoms. The van der Waals surface area contributed by atoms with E-state index in [1.165, 1.54) is 4.68 Å². The summed E-state index contributed by atoms with van der Waals surface area (Å²) in [6.45, 7) is 5.46. The number of hydrogen-bond acceptors (Lipinski definition) is 4. The summed E-state index contributed by atoms with van der Waals surface area (Å²) in [6.07, 6.45) is 3.47. The van der Waals surface area contributed by atoms with E-state index in [2.05, 4.69) is 5.10 Å². The lowest BCUT2D eigenvalue weighted by atomic mass is 10.0. The van der Waals surface area contributed by atoms with E-state index in [0.717, 1.165) is 16.0 Å². The van der Waals surface area contributed by atoms with Crippen LogP contribution in [0.4, 0.5) is 5.69 Å². The third kappa shape index (κ3) is 3.38. The molecular weight excluding hydrogens is 428 g/mol. The van der Waals surface area contributed by atoms with Gasteiger partial charge in [0.2, 0.25) is 0 Å². The molecule has 2 aromatic carbocycles. The van der Waals surface area contributed by atoms with Crippen molar-refractivity contribution >= 4 is 28.8 Å². The molecule has 0 saturated heterocycles. The lowest BCUT2D eigenvalue weighted by Crippen LogP contribution is -2.39. The number of carbonyl (C=O) groups excluding carboxylic acids is 2. The van der Waals surface area contributed by atoms with Crippen molar-refractivity contribution in [2.75, 3.05) is 4.90 Å². The van der Waals surface area contributed by atoms with E-state index in [1.54, 1.807) is 60.3 Å². The maximum atomic E-state index is 13.8. The van der Waals surface area contributed by atoms with Crippen molar-refractivity contribution < 1.29 is 19.3 Å². The number of para-hydroxylation sites is 1. The van der Waals surface area contributed by atoms with Crippen LogP contribution in [0, 0.1) is 20.8 Å². The molecule has 4 aromatic rings. The fourth-order valence-electron chi connectivity index (χ4n) is 4.25. The number of benzene rings is 2. The molecule has 3 heterocycles. The maximum Gasteiger partial charge on any atom is 0.331 e. The third-order valence-electron chi connectivity index (χ3n) is 5.79. The normalized spacial score (nSPS) is 13.8. The van der Waals surface area contributed by atoms with Gasteiger partial charge in [0.1, 0.15) is 5.57 Å². The van der Waals surface area contributed by atoms with Gasteiger partial charge >= 0.3 is 5.91 Å². The van der Waals surface area contributed by atoms with E-state index >= 15 is 0 Å². The van der Waals surface area contributed by atoms with Gasteiger partial charge in [-0.3, -0.25) is 9.59 Å². The molecule has 0 N–H and O–H groups in total. The highest BCUT2D eigenvalue weighted by atomic mass is 16.3. The van der Waals surface area contributed by atoms with E-state index in [9.17, 15) is 14.7 Å². The molecule has 2 aromatic heterocycles. The Morgan fingerprint density at radius 1 is 0.824 bits per heavy atom. The quantitative estimate of drug-likeness (QED) is 0.353. The molecule has 7 heteroatoms. The van der Waals surface area contributed by atoms with Gasteiger partial charge in [0.15, 0.2) is 12.4 Å². The zero-order valence-electron chi connectivity index (χ0n) is 19.0. The second-order valence-electron chi connectivity index (χ2n) is 8.31. The van der Waals surface area contributed by atoms with Crippen molar-refractivity contribution in [3.05, 3.63) is 102 Å². The van der Waals surface area contributed by atoms with Crippen molar-refractivity contribution in [2.45, 2.75) is 20.8 Å². The maximum absolute atomic E-state index is 13.8.